The van der Waals surface area contributed by atoms with Crippen molar-refractivity contribution < 1.29 is 18.3 Å². The maximum atomic E-state index is 13.5. The monoisotopic (exact) mass is 290 g/mol. The van der Waals surface area contributed by atoms with Gasteiger partial charge in [-0.25, -0.2) is 8.78 Å². The molecule has 0 aliphatic heterocycles. The molecule has 0 N–H and O–H groups in total. The molecule has 2 aromatic rings. The summed E-state index contributed by atoms with van der Waals surface area (Å²) in [6.45, 7) is 3.74. The van der Waals surface area contributed by atoms with Gasteiger partial charge in [0, 0.05) is 0 Å². The molecule has 2 nitrogen and oxygen atoms in total. The summed E-state index contributed by atoms with van der Waals surface area (Å²) in [4.78, 5) is 11.8. The molecule has 0 aromatic heterocycles. The van der Waals surface area contributed by atoms with Crippen LogP contribution in [0.5, 0.6) is 5.75 Å². The fraction of sp³-hybridized carbons (Fsp3) is 0.235. The lowest BCUT2D eigenvalue weighted by Gasteiger charge is -2.09. The highest BCUT2D eigenvalue weighted by Gasteiger charge is 2.17. The second-order valence-corrected chi connectivity index (χ2v) is 5.03. The van der Waals surface area contributed by atoms with Crippen LogP contribution in [-0.4, -0.2) is 12.4 Å². The van der Waals surface area contributed by atoms with Gasteiger partial charge in [0.1, 0.15) is 17.4 Å². The Morgan fingerprint density at radius 3 is 2.14 bits per heavy atom. The summed E-state index contributed by atoms with van der Waals surface area (Å²) in [6.07, 6.45) is 0. The van der Waals surface area contributed by atoms with Gasteiger partial charge in [0.25, 0.3) is 0 Å². The zero-order valence-electron chi connectivity index (χ0n) is 11.9. The number of ether oxygens (including phenoxy) is 1. The average Bonchev–Trinajstić information content (AvgIpc) is 2.45. The van der Waals surface area contributed by atoms with E-state index in [-0.39, 0.29) is 0 Å². The number of hydrogen-bond acceptors (Lipinski definition) is 2. The number of benzene rings is 2. The van der Waals surface area contributed by atoms with Crippen molar-refractivity contribution in [3.05, 3.63) is 65.2 Å². The number of carbonyl (C=O) groups is 1. The van der Waals surface area contributed by atoms with Crippen molar-refractivity contribution in [2.45, 2.75) is 19.8 Å². The van der Waals surface area contributed by atoms with E-state index in [9.17, 15) is 13.6 Å². The van der Waals surface area contributed by atoms with E-state index in [1.165, 1.54) is 6.07 Å². The average molecular weight is 290 g/mol. The summed E-state index contributed by atoms with van der Waals surface area (Å²) in [5, 5.41) is 0. The van der Waals surface area contributed by atoms with Crippen molar-refractivity contribution in [1.82, 2.24) is 0 Å². The number of hydrogen-bond donors (Lipinski definition) is 0. The van der Waals surface area contributed by atoms with Crippen LogP contribution in [0.25, 0.3) is 0 Å². The van der Waals surface area contributed by atoms with Gasteiger partial charge in [0.2, 0.25) is 5.78 Å². The number of rotatable bonds is 5. The van der Waals surface area contributed by atoms with Gasteiger partial charge >= 0.3 is 0 Å². The van der Waals surface area contributed by atoms with Crippen LogP contribution in [0.3, 0.4) is 0 Å². The lowest BCUT2D eigenvalue weighted by Crippen LogP contribution is -2.15. The third kappa shape index (κ3) is 3.66. The highest BCUT2D eigenvalue weighted by atomic mass is 19.1. The van der Waals surface area contributed by atoms with Crippen LogP contribution in [0.1, 0.15) is 35.7 Å². The minimum absolute atomic E-state index is 0.396. The van der Waals surface area contributed by atoms with Gasteiger partial charge in [0.15, 0.2) is 6.61 Å². The maximum absolute atomic E-state index is 13.5. The molecule has 0 fully saturated rings. The Morgan fingerprint density at radius 2 is 1.62 bits per heavy atom. The highest BCUT2D eigenvalue weighted by molar-refractivity contribution is 5.97. The highest BCUT2D eigenvalue weighted by Crippen LogP contribution is 2.19. The zero-order chi connectivity index (χ0) is 15.4. The van der Waals surface area contributed by atoms with Crippen LogP contribution < -0.4 is 4.74 Å². The molecule has 4 heteroatoms. The molecule has 2 rings (SSSR count). The van der Waals surface area contributed by atoms with Crippen molar-refractivity contribution in [2.75, 3.05) is 6.61 Å². The lowest BCUT2D eigenvalue weighted by atomic mass is 10.0. The van der Waals surface area contributed by atoms with Crippen molar-refractivity contribution in [1.29, 1.82) is 0 Å². The minimum Gasteiger partial charge on any atom is -0.485 e. The topological polar surface area (TPSA) is 26.3 Å². The van der Waals surface area contributed by atoms with E-state index in [4.69, 9.17) is 4.74 Å². The number of halogens is 2. The Balaban J connectivity index is 2.04. The van der Waals surface area contributed by atoms with Gasteiger partial charge in [-0.2, -0.15) is 0 Å². The fourth-order valence-corrected chi connectivity index (χ4v) is 1.93. The molecule has 110 valence electrons. The van der Waals surface area contributed by atoms with E-state index in [1.54, 1.807) is 12.1 Å². The van der Waals surface area contributed by atoms with Crippen LogP contribution >= 0.6 is 0 Å². The van der Waals surface area contributed by atoms with Crippen molar-refractivity contribution in [3.8, 4) is 5.75 Å². The Labute approximate surface area is 122 Å². The lowest BCUT2D eigenvalue weighted by molar-refractivity contribution is 0.0913. The molecule has 0 heterocycles. The SMILES string of the molecule is CC(C)c1ccc(OCC(=O)c2c(F)cccc2F)cc1. The molecule has 0 atom stereocenters. The summed E-state index contributed by atoms with van der Waals surface area (Å²) in [6, 6.07) is 10.6. The van der Waals surface area contributed by atoms with E-state index < -0.39 is 29.6 Å². The molecule has 0 bridgehead atoms. The molecule has 0 saturated carbocycles. The molecule has 0 amide bonds. The first-order valence-electron chi connectivity index (χ1n) is 6.69. The molecule has 0 unspecified atom stereocenters. The Hall–Kier alpha value is -2.23. The van der Waals surface area contributed by atoms with E-state index >= 15 is 0 Å². The quantitative estimate of drug-likeness (QED) is 0.765. The molecule has 2 aromatic carbocycles. The molecular formula is C17H16F2O2. The predicted molar refractivity (Wildman–Crippen MR) is 76.7 cm³/mol. The molecule has 21 heavy (non-hydrogen) atoms. The molecule has 0 saturated heterocycles. The normalized spacial score (nSPS) is 10.7. The molecule has 0 aliphatic carbocycles. The van der Waals surface area contributed by atoms with Gasteiger partial charge < -0.3 is 4.74 Å². The summed E-state index contributed by atoms with van der Waals surface area (Å²) >= 11 is 0. The summed E-state index contributed by atoms with van der Waals surface area (Å²) in [5.41, 5.74) is 0.588. The fourth-order valence-electron chi connectivity index (χ4n) is 1.93. The Morgan fingerprint density at radius 1 is 1.05 bits per heavy atom. The van der Waals surface area contributed by atoms with Crippen LogP contribution in [0.2, 0.25) is 0 Å². The van der Waals surface area contributed by atoms with Gasteiger partial charge in [-0.3, -0.25) is 4.79 Å². The first kappa shape index (κ1) is 15.2. The first-order chi connectivity index (χ1) is 9.99. The summed E-state index contributed by atoms with van der Waals surface area (Å²) in [7, 11) is 0. The number of Topliss-reactive ketones (excluding diaryl/α,β-unsaturated/α-hetero) is 1. The van der Waals surface area contributed by atoms with Crippen molar-refractivity contribution in [3.63, 3.8) is 0 Å². The van der Waals surface area contributed by atoms with Gasteiger partial charge in [0.05, 0.1) is 5.56 Å². The van der Waals surface area contributed by atoms with Crippen LogP contribution in [-0.2, 0) is 0 Å². The Kier molecular flexibility index (Phi) is 4.68. The van der Waals surface area contributed by atoms with Crippen molar-refractivity contribution >= 4 is 5.78 Å². The minimum atomic E-state index is -0.876. The Bertz CT molecular complexity index is 613. The van der Waals surface area contributed by atoms with E-state index in [0.29, 0.717) is 11.7 Å². The molecular weight excluding hydrogens is 274 g/mol. The first-order valence-corrected chi connectivity index (χ1v) is 6.69. The number of carbonyl (C=O) groups excluding carboxylic acids is 1. The maximum Gasteiger partial charge on any atom is 0.206 e. The third-order valence-corrected chi connectivity index (χ3v) is 3.16. The zero-order valence-corrected chi connectivity index (χ0v) is 11.9. The van der Waals surface area contributed by atoms with Crippen LogP contribution in [0.15, 0.2) is 42.5 Å². The summed E-state index contributed by atoms with van der Waals surface area (Å²) in [5.74, 6) is -1.59. The molecule has 0 spiro atoms. The van der Waals surface area contributed by atoms with E-state index in [1.807, 2.05) is 12.1 Å². The predicted octanol–water partition coefficient (Wildman–Crippen LogP) is 4.35. The standard InChI is InChI=1S/C17H16F2O2/c1-11(2)12-6-8-13(9-7-12)21-10-16(20)17-14(18)4-3-5-15(17)19/h3-9,11H,10H2,1-2H3. The largest absolute Gasteiger partial charge is 0.485 e. The second-order valence-electron chi connectivity index (χ2n) is 5.03. The summed E-state index contributed by atoms with van der Waals surface area (Å²) < 4.78 is 32.2. The number of ketones is 1. The van der Waals surface area contributed by atoms with E-state index in [2.05, 4.69) is 13.8 Å². The van der Waals surface area contributed by atoms with Crippen molar-refractivity contribution in [2.24, 2.45) is 0 Å². The van der Waals surface area contributed by atoms with Gasteiger partial charge in [-0.15, -0.1) is 0 Å². The van der Waals surface area contributed by atoms with E-state index in [0.717, 1.165) is 17.7 Å². The van der Waals surface area contributed by atoms with Gasteiger partial charge in [-0.05, 0) is 35.7 Å². The molecule has 0 aliphatic rings. The van der Waals surface area contributed by atoms with Crippen LogP contribution in [0.4, 0.5) is 8.78 Å². The molecule has 0 radical (unpaired) electrons. The second kappa shape index (κ2) is 6.48. The van der Waals surface area contributed by atoms with Crippen LogP contribution in [0, 0.1) is 11.6 Å². The van der Waals surface area contributed by atoms with Gasteiger partial charge in [-0.1, -0.05) is 32.0 Å². The third-order valence-electron chi connectivity index (χ3n) is 3.16. The smallest absolute Gasteiger partial charge is 0.206 e.